The predicted molar refractivity (Wildman–Crippen MR) is 121 cm³/mol. The molecule has 0 saturated heterocycles. The van der Waals surface area contributed by atoms with Gasteiger partial charge in [0.1, 0.15) is 0 Å². The van der Waals surface area contributed by atoms with Gasteiger partial charge in [0.15, 0.2) is 0 Å². The van der Waals surface area contributed by atoms with Crippen molar-refractivity contribution in [1.82, 2.24) is 5.32 Å². The second kappa shape index (κ2) is 9.63. The highest BCUT2D eigenvalue weighted by molar-refractivity contribution is 7.92. The Labute approximate surface area is 185 Å². The quantitative estimate of drug-likeness (QED) is 0.495. The molecule has 3 aromatic carbocycles. The summed E-state index contributed by atoms with van der Waals surface area (Å²) in [6.45, 7) is 2.36. The molecule has 3 rings (SSSR count). The van der Waals surface area contributed by atoms with Gasteiger partial charge in [-0.25, -0.2) is 8.42 Å². The largest absolute Gasteiger partial charge is 0.352 e. The first-order chi connectivity index (χ1) is 14.8. The number of carbonyl (C=O) groups excluding carboxylic acids is 2. The summed E-state index contributed by atoms with van der Waals surface area (Å²) in [6.07, 6.45) is 0. The summed E-state index contributed by atoms with van der Waals surface area (Å²) in [5.41, 5.74) is 1.67. The topological polar surface area (TPSA) is 104 Å². The van der Waals surface area contributed by atoms with Crippen molar-refractivity contribution in [3.05, 3.63) is 88.9 Å². The number of hydrogen-bond acceptors (Lipinski definition) is 4. The van der Waals surface area contributed by atoms with E-state index in [9.17, 15) is 18.0 Å². The van der Waals surface area contributed by atoms with Crippen LogP contribution in [-0.2, 0) is 10.0 Å². The van der Waals surface area contributed by atoms with Crippen LogP contribution >= 0.6 is 11.6 Å². The van der Waals surface area contributed by atoms with Crippen molar-refractivity contribution in [3.8, 4) is 0 Å². The van der Waals surface area contributed by atoms with Gasteiger partial charge in [-0.3, -0.25) is 14.3 Å². The van der Waals surface area contributed by atoms with Crippen molar-refractivity contribution in [3.63, 3.8) is 0 Å². The molecule has 0 atom stereocenters. The minimum Gasteiger partial charge on any atom is -0.352 e. The van der Waals surface area contributed by atoms with Gasteiger partial charge >= 0.3 is 0 Å². The molecule has 0 spiro atoms. The minimum absolute atomic E-state index is 0.0188. The Morgan fingerprint density at radius 3 is 1.87 bits per heavy atom. The van der Waals surface area contributed by atoms with E-state index in [1.165, 1.54) is 24.3 Å². The molecule has 0 aliphatic carbocycles. The number of nitrogens with one attached hydrogen (secondary N) is 3. The fraction of sp³-hybridized carbons (Fsp3) is 0.0909. The Morgan fingerprint density at radius 2 is 1.29 bits per heavy atom. The SMILES string of the molecule is CCNC(=O)c1ccc(NC(=O)c2ccc(S(=O)(=O)Nc3ccc(Cl)cc3)cc2)cc1. The van der Waals surface area contributed by atoms with Gasteiger partial charge in [0, 0.05) is 34.1 Å². The van der Waals surface area contributed by atoms with Gasteiger partial charge in [0.05, 0.1) is 4.90 Å². The molecule has 9 heteroatoms. The van der Waals surface area contributed by atoms with Crippen LogP contribution in [0.15, 0.2) is 77.7 Å². The maximum absolute atomic E-state index is 12.5. The van der Waals surface area contributed by atoms with Gasteiger partial charge in [-0.2, -0.15) is 0 Å². The average Bonchev–Trinajstić information content (AvgIpc) is 2.76. The van der Waals surface area contributed by atoms with Crippen LogP contribution in [0.1, 0.15) is 27.6 Å². The summed E-state index contributed by atoms with van der Waals surface area (Å²) >= 11 is 5.81. The summed E-state index contributed by atoms with van der Waals surface area (Å²) in [6, 6.07) is 18.3. The summed E-state index contributed by atoms with van der Waals surface area (Å²) in [4.78, 5) is 24.3. The van der Waals surface area contributed by atoms with E-state index in [0.29, 0.717) is 34.1 Å². The van der Waals surface area contributed by atoms with Crippen molar-refractivity contribution in [2.24, 2.45) is 0 Å². The van der Waals surface area contributed by atoms with Gasteiger partial charge in [-0.05, 0) is 79.7 Å². The van der Waals surface area contributed by atoms with Crippen molar-refractivity contribution < 1.29 is 18.0 Å². The van der Waals surface area contributed by atoms with Crippen LogP contribution < -0.4 is 15.4 Å². The third kappa shape index (κ3) is 5.84. The lowest BCUT2D eigenvalue weighted by Crippen LogP contribution is -2.22. The van der Waals surface area contributed by atoms with E-state index in [2.05, 4.69) is 15.4 Å². The van der Waals surface area contributed by atoms with Crippen molar-refractivity contribution in [1.29, 1.82) is 0 Å². The molecule has 2 amide bonds. The fourth-order valence-corrected chi connectivity index (χ4v) is 3.87. The van der Waals surface area contributed by atoms with Crippen LogP contribution in [0.25, 0.3) is 0 Å². The molecule has 0 unspecified atom stereocenters. The fourth-order valence-electron chi connectivity index (χ4n) is 2.69. The van der Waals surface area contributed by atoms with Crippen molar-refractivity contribution in [2.45, 2.75) is 11.8 Å². The highest BCUT2D eigenvalue weighted by Gasteiger charge is 2.15. The summed E-state index contributed by atoms with van der Waals surface area (Å²) in [7, 11) is -3.81. The molecule has 0 bridgehead atoms. The van der Waals surface area contributed by atoms with Gasteiger partial charge in [-0.15, -0.1) is 0 Å². The number of halogens is 1. The molecule has 0 fully saturated rings. The van der Waals surface area contributed by atoms with Crippen LogP contribution in [-0.4, -0.2) is 26.8 Å². The Kier molecular flexibility index (Phi) is 6.94. The molecular weight excluding hydrogens is 438 g/mol. The monoisotopic (exact) mass is 457 g/mol. The average molecular weight is 458 g/mol. The number of benzene rings is 3. The number of rotatable bonds is 7. The van der Waals surface area contributed by atoms with E-state index in [1.54, 1.807) is 48.5 Å². The Bertz CT molecular complexity index is 1180. The first kappa shape index (κ1) is 22.3. The molecule has 3 aromatic rings. The van der Waals surface area contributed by atoms with Gasteiger partial charge in [0.25, 0.3) is 21.8 Å². The zero-order valence-corrected chi connectivity index (χ0v) is 18.1. The number of sulfonamides is 1. The van der Waals surface area contributed by atoms with Crippen molar-refractivity contribution in [2.75, 3.05) is 16.6 Å². The normalized spacial score (nSPS) is 10.9. The molecule has 0 aliphatic rings. The van der Waals surface area contributed by atoms with E-state index in [-0.39, 0.29) is 10.8 Å². The van der Waals surface area contributed by atoms with Crippen LogP contribution in [0.3, 0.4) is 0 Å². The van der Waals surface area contributed by atoms with Crippen LogP contribution in [0.2, 0.25) is 5.02 Å². The maximum atomic E-state index is 12.5. The Balaban J connectivity index is 1.67. The molecule has 0 saturated carbocycles. The highest BCUT2D eigenvalue weighted by atomic mass is 35.5. The van der Waals surface area contributed by atoms with E-state index >= 15 is 0 Å². The first-order valence-electron chi connectivity index (χ1n) is 9.36. The molecule has 0 aliphatic heterocycles. The molecule has 31 heavy (non-hydrogen) atoms. The summed E-state index contributed by atoms with van der Waals surface area (Å²) < 4.78 is 27.5. The Morgan fingerprint density at radius 1 is 0.774 bits per heavy atom. The van der Waals surface area contributed by atoms with Crippen molar-refractivity contribution >= 4 is 44.8 Å². The highest BCUT2D eigenvalue weighted by Crippen LogP contribution is 2.19. The third-order valence-electron chi connectivity index (χ3n) is 4.27. The lowest BCUT2D eigenvalue weighted by atomic mass is 10.1. The van der Waals surface area contributed by atoms with Gasteiger partial charge < -0.3 is 10.6 Å². The zero-order chi connectivity index (χ0) is 22.4. The van der Waals surface area contributed by atoms with E-state index in [1.807, 2.05) is 6.92 Å². The minimum atomic E-state index is -3.81. The lowest BCUT2D eigenvalue weighted by Gasteiger charge is -2.10. The Hall–Kier alpha value is -3.36. The van der Waals surface area contributed by atoms with Crippen LogP contribution in [0.4, 0.5) is 11.4 Å². The van der Waals surface area contributed by atoms with Gasteiger partial charge in [-0.1, -0.05) is 11.6 Å². The van der Waals surface area contributed by atoms with E-state index < -0.39 is 15.9 Å². The van der Waals surface area contributed by atoms with Crippen LogP contribution in [0.5, 0.6) is 0 Å². The molecule has 3 N–H and O–H groups in total. The zero-order valence-electron chi connectivity index (χ0n) is 16.6. The van der Waals surface area contributed by atoms with E-state index in [0.717, 1.165) is 0 Å². The maximum Gasteiger partial charge on any atom is 0.261 e. The predicted octanol–water partition coefficient (Wildman–Crippen LogP) is 4.14. The first-order valence-corrected chi connectivity index (χ1v) is 11.2. The molecular formula is C22H20ClN3O4S. The molecule has 7 nitrogen and oxygen atoms in total. The molecule has 0 radical (unpaired) electrons. The second-order valence-corrected chi connectivity index (χ2v) is 8.65. The summed E-state index contributed by atoms with van der Waals surface area (Å²) in [5.74, 6) is -0.593. The van der Waals surface area contributed by atoms with Gasteiger partial charge in [0.2, 0.25) is 0 Å². The van der Waals surface area contributed by atoms with E-state index in [4.69, 9.17) is 11.6 Å². The third-order valence-corrected chi connectivity index (χ3v) is 5.91. The lowest BCUT2D eigenvalue weighted by molar-refractivity contribution is 0.0955. The number of carbonyl (C=O) groups is 2. The standard InChI is InChI=1S/C22H20ClN3O4S/c1-2-24-21(27)15-3-9-18(10-4-15)25-22(28)16-5-13-20(14-6-16)31(29,30)26-19-11-7-17(23)8-12-19/h3-14,26H,2H2,1H3,(H,24,27)(H,25,28). The summed E-state index contributed by atoms with van der Waals surface area (Å²) in [5, 5.41) is 5.91. The van der Waals surface area contributed by atoms with Crippen LogP contribution in [0, 0.1) is 0 Å². The molecule has 160 valence electrons. The second-order valence-electron chi connectivity index (χ2n) is 6.53. The smallest absolute Gasteiger partial charge is 0.261 e. The number of hydrogen-bond donors (Lipinski definition) is 3. The molecule has 0 heterocycles. The number of anilines is 2. The molecule has 0 aromatic heterocycles. The number of amides is 2.